The second-order valence-corrected chi connectivity index (χ2v) is 9.85. The van der Waals surface area contributed by atoms with E-state index in [-0.39, 0.29) is 5.54 Å². The molecule has 2 rings (SSSR count). The molecule has 1 fully saturated rings. The zero-order valence-electron chi connectivity index (χ0n) is 13.5. The number of nitrogens with one attached hydrogen (secondary N) is 2. The van der Waals surface area contributed by atoms with Crippen molar-refractivity contribution in [1.29, 1.82) is 0 Å². The van der Waals surface area contributed by atoms with Gasteiger partial charge in [-0.05, 0) is 51.2 Å². The van der Waals surface area contributed by atoms with Crippen molar-refractivity contribution in [3.05, 3.63) is 16.5 Å². The van der Waals surface area contributed by atoms with Crippen molar-refractivity contribution in [1.82, 2.24) is 10.0 Å². The number of hydrogen-bond acceptors (Lipinski definition) is 4. The molecule has 1 aliphatic carbocycles. The van der Waals surface area contributed by atoms with Crippen LogP contribution in [0.4, 0.5) is 0 Å². The van der Waals surface area contributed by atoms with Gasteiger partial charge in [-0.1, -0.05) is 13.8 Å². The van der Waals surface area contributed by atoms with Crippen LogP contribution in [0.1, 0.15) is 51.0 Å². The lowest BCUT2D eigenvalue weighted by molar-refractivity contribution is 0.401. The van der Waals surface area contributed by atoms with Crippen LogP contribution in [0, 0.1) is 12.8 Å². The van der Waals surface area contributed by atoms with Gasteiger partial charge in [-0.15, -0.1) is 11.3 Å². The van der Waals surface area contributed by atoms with Crippen LogP contribution in [0.25, 0.3) is 0 Å². The molecule has 2 N–H and O–H groups in total. The van der Waals surface area contributed by atoms with Crippen molar-refractivity contribution in [2.24, 2.45) is 5.92 Å². The van der Waals surface area contributed by atoms with Gasteiger partial charge in [0.1, 0.15) is 4.21 Å². The molecule has 0 radical (unpaired) electrons. The maximum atomic E-state index is 12.6. The van der Waals surface area contributed by atoms with E-state index in [0.29, 0.717) is 16.2 Å². The van der Waals surface area contributed by atoms with Crippen molar-refractivity contribution in [2.45, 2.75) is 69.8 Å². The third-order valence-electron chi connectivity index (χ3n) is 3.93. The highest BCUT2D eigenvalue weighted by Gasteiger charge is 2.41. The topological polar surface area (TPSA) is 58.2 Å². The Balaban J connectivity index is 2.14. The fraction of sp³-hybridized carbons (Fsp3) is 0.733. The molecule has 6 heteroatoms. The molecule has 4 nitrogen and oxygen atoms in total. The van der Waals surface area contributed by atoms with Gasteiger partial charge in [-0.3, -0.25) is 0 Å². The second-order valence-electron chi connectivity index (χ2n) is 6.81. The van der Waals surface area contributed by atoms with Crippen molar-refractivity contribution >= 4 is 21.4 Å². The first kappa shape index (κ1) is 16.9. The van der Waals surface area contributed by atoms with E-state index in [2.05, 4.69) is 23.9 Å². The average molecular weight is 331 g/mol. The number of aryl methyl sites for hydroxylation is 1. The van der Waals surface area contributed by atoms with Gasteiger partial charge in [0.15, 0.2) is 0 Å². The normalized spacial score (nSPS) is 16.7. The van der Waals surface area contributed by atoms with Gasteiger partial charge in [0.05, 0.1) is 0 Å². The summed E-state index contributed by atoms with van der Waals surface area (Å²) in [4.78, 5) is 1.09. The van der Waals surface area contributed by atoms with Gasteiger partial charge < -0.3 is 5.32 Å². The van der Waals surface area contributed by atoms with E-state index in [1.807, 2.05) is 20.8 Å². The van der Waals surface area contributed by atoms with Gasteiger partial charge in [-0.2, -0.15) is 0 Å². The van der Waals surface area contributed by atoms with E-state index in [0.717, 1.165) is 29.8 Å². The van der Waals surface area contributed by atoms with E-state index in [4.69, 9.17) is 0 Å². The Bertz CT molecular complexity index is 599. The summed E-state index contributed by atoms with van der Waals surface area (Å²) in [5.41, 5.74) is 0.685. The standard InChI is InChI=1S/C15H26N2O2S2/c1-10(2)16-9-13-11(3)8-14(20-13)21(18,19)17-15(4,5)12-6-7-12/h8,10,12,16-17H,6-7,9H2,1-5H3. The Labute approximate surface area is 132 Å². The van der Waals surface area contributed by atoms with Crippen LogP contribution in [0.5, 0.6) is 0 Å². The molecule has 1 aromatic heterocycles. The minimum absolute atomic E-state index is 0.354. The summed E-state index contributed by atoms with van der Waals surface area (Å²) < 4.78 is 28.4. The van der Waals surface area contributed by atoms with Crippen LogP contribution >= 0.6 is 11.3 Å². The van der Waals surface area contributed by atoms with Gasteiger partial charge in [0, 0.05) is 23.0 Å². The third-order valence-corrected chi connectivity index (χ3v) is 7.31. The summed E-state index contributed by atoms with van der Waals surface area (Å²) in [7, 11) is -3.42. The largest absolute Gasteiger partial charge is 0.310 e. The van der Waals surface area contributed by atoms with Crippen LogP contribution in [-0.2, 0) is 16.6 Å². The van der Waals surface area contributed by atoms with Crippen molar-refractivity contribution in [3.63, 3.8) is 0 Å². The second kappa shape index (κ2) is 5.99. The highest BCUT2D eigenvalue weighted by Crippen LogP contribution is 2.40. The predicted molar refractivity (Wildman–Crippen MR) is 88.2 cm³/mol. The van der Waals surface area contributed by atoms with Crippen molar-refractivity contribution < 1.29 is 8.42 Å². The predicted octanol–water partition coefficient (Wildman–Crippen LogP) is 3.02. The van der Waals surface area contributed by atoms with Crippen LogP contribution in [0.2, 0.25) is 0 Å². The summed E-state index contributed by atoms with van der Waals surface area (Å²) in [5.74, 6) is 0.468. The molecule has 1 aromatic rings. The fourth-order valence-electron chi connectivity index (χ4n) is 2.38. The molecule has 1 aliphatic rings. The molecule has 0 aliphatic heterocycles. The Morgan fingerprint density at radius 2 is 2.00 bits per heavy atom. The first-order chi connectivity index (χ1) is 9.62. The molecule has 0 atom stereocenters. The fourth-order valence-corrected chi connectivity index (χ4v) is 5.39. The molecule has 0 saturated heterocycles. The summed E-state index contributed by atoms with van der Waals surface area (Å²) >= 11 is 1.37. The molecule has 0 unspecified atom stereocenters. The average Bonchev–Trinajstić information content (AvgIpc) is 3.10. The maximum Gasteiger partial charge on any atom is 0.250 e. The molecule has 1 heterocycles. The van der Waals surface area contributed by atoms with Gasteiger partial charge in [0.25, 0.3) is 10.0 Å². The monoisotopic (exact) mass is 330 g/mol. The number of thiophene rings is 1. The Hall–Kier alpha value is -0.430. The molecule has 120 valence electrons. The van der Waals surface area contributed by atoms with Crippen LogP contribution < -0.4 is 10.0 Å². The van der Waals surface area contributed by atoms with E-state index < -0.39 is 10.0 Å². The highest BCUT2D eigenvalue weighted by molar-refractivity contribution is 7.91. The number of rotatable bonds is 7. The molecule has 0 spiro atoms. The molecule has 0 aromatic carbocycles. The lowest BCUT2D eigenvalue weighted by atomic mass is 10.0. The Morgan fingerprint density at radius 3 is 2.52 bits per heavy atom. The molecule has 0 amide bonds. The maximum absolute atomic E-state index is 12.6. The summed E-state index contributed by atoms with van der Waals surface area (Å²) in [6.45, 7) is 10.8. The highest BCUT2D eigenvalue weighted by atomic mass is 32.2. The smallest absolute Gasteiger partial charge is 0.250 e. The minimum Gasteiger partial charge on any atom is -0.310 e. The zero-order valence-corrected chi connectivity index (χ0v) is 15.1. The van der Waals surface area contributed by atoms with Crippen molar-refractivity contribution in [3.8, 4) is 0 Å². The third kappa shape index (κ3) is 4.28. The molecule has 21 heavy (non-hydrogen) atoms. The summed E-state index contributed by atoms with van der Waals surface area (Å²) in [5, 5.41) is 3.34. The number of hydrogen-bond donors (Lipinski definition) is 2. The van der Waals surface area contributed by atoms with E-state index in [1.54, 1.807) is 6.07 Å². The van der Waals surface area contributed by atoms with Crippen LogP contribution in [0.3, 0.4) is 0 Å². The zero-order chi connectivity index (χ0) is 15.8. The minimum atomic E-state index is -3.42. The van der Waals surface area contributed by atoms with Gasteiger partial charge in [-0.25, -0.2) is 13.1 Å². The van der Waals surface area contributed by atoms with Crippen LogP contribution in [0.15, 0.2) is 10.3 Å². The Kier molecular flexibility index (Phi) is 4.83. The molecular weight excluding hydrogens is 304 g/mol. The van der Waals surface area contributed by atoms with E-state index in [9.17, 15) is 8.42 Å². The quantitative estimate of drug-likeness (QED) is 0.808. The SMILES string of the molecule is Cc1cc(S(=O)(=O)NC(C)(C)C2CC2)sc1CNC(C)C. The molecule has 0 bridgehead atoms. The Morgan fingerprint density at radius 1 is 1.38 bits per heavy atom. The van der Waals surface area contributed by atoms with E-state index >= 15 is 0 Å². The molecular formula is C15H26N2O2S2. The van der Waals surface area contributed by atoms with Gasteiger partial charge >= 0.3 is 0 Å². The molecule has 1 saturated carbocycles. The summed E-state index contributed by atoms with van der Waals surface area (Å²) in [6, 6.07) is 2.17. The van der Waals surface area contributed by atoms with Crippen molar-refractivity contribution in [2.75, 3.05) is 0 Å². The first-order valence-corrected chi connectivity index (χ1v) is 9.78. The van der Waals surface area contributed by atoms with E-state index in [1.165, 1.54) is 11.3 Å². The van der Waals surface area contributed by atoms with Crippen LogP contribution in [-0.4, -0.2) is 20.0 Å². The number of sulfonamides is 1. The first-order valence-electron chi connectivity index (χ1n) is 7.48. The summed E-state index contributed by atoms with van der Waals surface area (Å²) in [6.07, 6.45) is 2.23. The lowest BCUT2D eigenvalue weighted by Crippen LogP contribution is -2.44. The lowest BCUT2D eigenvalue weighted by Gasteiger charge is -2.25. The van der Waals surface area contributed by atoms with Gasteiger partial charge in [0.2, 0.25) is 0 Å².